The van der Waals surface area contributed by atoms with Crippen molar-refractivity contribution in [2.75, 3.05) is 13.1 Å². The smallest absolute Gasteiger partial charge is 0.353 e. The van der Waals surface area contributed by atoms with Crippen molar-refractivity contribution in [3.05, 3.63) is 0 Å². The molecule has 0 bridgehead atoms. The van der Waals surface area contributed by atoms with E-state index in [1.165, 1.54) is 0 Å². The SMILES string of the molecule is C[C@H](NC(=O)C1(C(F)(F)F)CCNC1)C1CCCC1. The number of hydrogen-bond donors (Lipinski definition) is 2. The van der Waals surface area contributed by atoms with E-state index < -0.39 is 17.5 Å². The van der Waals surface area contributed by atoms with E-state index in [9.17, 15) is 18.0 Å². The van der Waals surface area contributed by atoms with Crippen LogP contribution in [0.25, 0.3) is 0 Å². The molecule has 1 aliphatic carbocycles. The van der Waals surface area contributed by atoms with Gasteiger partial charge in [-0.3, -0.25) is 4.79 Å². The van der Waals surface area contributed by atoms with Crippen molar-refractivity contribution in [1.29, 1.82) is 0 Å². The van der Waals surface area contributed by atoms with Gasteiger partial charge in [0.2, 0.25) is 5.91 Å². The second kappa shape index (κ2) is 5.31. The molecule has 0 aromatic rings. The first-order valence-electron chi connectivity index (χ1n) is 6.95. The highest BCUT2D eigenvalue weighted by Crippen LogP contribution is 2.43. The minimum atomic E-state index is -4.49. The first-order valence-corrected chi connectivity index (χ1v) is 6.95. The number of carbonyl (C=O) groups excluding carboxylic acids is 1. The fourth-order valence-electron chi connectivity index (χ4n) is 3.18. The van der Waals surface area contributed by atoms with E-state index in [1.54, 1.807) is 0 Å². The first-order chi connectivity index (χ1) is 8.87. The summed E-state index contributed by atoms with van der Waals surface area (Å²) < 4.78 is 39.6. The van der Waals surface area contributed by atoms with E-state index in [4.69, 9.17) is 0 Å². The van der Waals surface area contributed by atoms with Gasteiger partial charge in [0.1, 0.15) is 0 Å². The zero-order chi connectivity index (χ0) is 14.1. The number of hydrogen-bond acceptors (Lipinski definition) is 2. The highest BCUT2D eigenvalue weighted by atomic mass is 19.4. The van der Waals surface area contributed by atoms with Gasteiger partial charge in [0.15, 0.2) is 5.41 Å². The third-order valence-electron chi connectivity index (χ3n) is 4.60. The van der Waals surface area contributed by atoms with E-state index in [2.05, 4.69) is 10.6 Å². The maximum absolute atomic E-state index is 13.2. The maximum Gasteiger partial charge on any atom is 0.404 e. The van der Waals surface area contributed by atoms with E-state index in [0.717, 1.165) is 25.7 Å². The molecule has 6 heteroatoms. The Morgan fingerprint density at radius 1 is 1.37 bits per heavy atom. The lowest BCUT2D eigenvalue weighted by Gasteiger charge is -2.32. The fraction of sp³-hybridized carbons (Fsp3) is 0.923. The van der Waals surface area contributed by atoms with Crippen LogP contribution in [0.3, 0.4) is 0 Å². The third-order valence-corrected chi connectivity index (χ3v) is 4.60. The Morgan fingerprint density at radius 2 is 2.00 bits per heavy atom. The van der Waals surface area contributed by atoms with Crippen molar-refractivity contribution in [2.24, 2.45) is 11.3 Å². The Kier molecular flexibility index (Phi) is 4.08. The lowest BCUT2D eigenvalue weighted by Crippen LogP contribution is -2.54. The Labute approximate surface area is 111 Å². The lowest BCUT2D eigenvalue weighted by atomic mass is 9.84. The molecule has 2 rings (SSSR count). The standard InChI is InChI=1S/C13H21F3N2O/c1-9(10-4-2-3-5-10)18-11(19)12(13(14,15)16)6-7-17-8-12/h9-10,17H,2-8H2,1H3,(H,18,19)/t9-,12?/m0/s1. The van der Waals surface area contributed by atoms with Gasteiger partial charge in [-0.1, -0.05) is 12.8 Å². The fourth-order valence-corrected chi connectivity index (χ4v) is 3.18. The van der Waals surface area contributed by atoms with E-state index in [0.29, 0.717) is 5.92 Å². The Morgan fingerprint density at radius 3 is 2.47 bits per heavy atom. The quantitative estimate of drug-likeness (QED) is 0.831. The second-order valence-corrected chi connectivity index (χ2v) is 5.81. The summed E-state index contributed by atoms with van der Waals surface area (Å²) in [5.74, 6) is -0.534. The number of nitrogens with one attached hydrogen (secondary N) is 2. The van der Waals surface area contributed by atoms with E-state index >= 15 is 0 Å². The molecular formula is C13H21F3N2O. The van der Waals surface area contributed by atoms with Crippen LogP contribution >= 0.6 is 0 Å². The van der Waals surface area contributed by atoms with Gasteiger partial charge in [0, 0.05) is 12.6 Å². The molecule has 1 saturated carbocycles. The van der Waals surface area contributed by atoms with Crippen LogP contribution in [0.4, 0.5) is 13.2 Å². The normalized spacial score (nSPS) is 30.5. The second-order valence-electron chi connectivity index (χ2n) is 5.81. The highest BCUT2D eigenvalue weighted by molar-refractivity contribution is 5.84. The molecule has 2 aliphatic rings. The number of halogens is 3. The van der Waals surface area contributed by atoms with Crippen LogP contribution < -0.4 is 10.6 Å². The molecule has 1 saturated heterocycles. The highest BCUT2D eigenvalue weighted by Gasteiger charge is 2.61. The predicted octanol–water partition coefficient (Wildman–Crippen LogP) is 2.22. The summed E-state index contributed by atoms with van der Waals surface area (Å²) in [5.41, 5.74) is -2.24. The molecule has 110 valence electrons. The number of amides is 1. The summed E-state index contributed by atoms with van der Waals surface area (Å²) in [6.07, 6.45) is -0.444. The molecular weight excluding hydrogens is 257 g/mol. The van der Waals surface area contributed by atoms with Crippen molar-refractivity contribution in [1.82, 2.24) is 10.6 Å². The first kappa shape index (κ1) is 14.6. The molecule has 2 N–H and O–H groups in total. The van der Waals surface area contributed by atoms with Gasteiger partial charge in [-0.05, 0) is 38.6 Å². The van der Waals surface area contributed by atoms with Gasteiger partial charge in [-0.15, -0.1) is 0 Å². The van der Waals surface area contributed by atoms with E-state index in [1.807, 2.05) is 6.92 Å². The molecule has 2 fully saturated rings. The van der Waals surface area contributed by atoms with Crippen LogP contribution in [0, 0.1) is 11.3 Å². The van der Waals surface area contributed by atoms with E-state index in [-0.39, 0.29) is 25.6 Å². The summed E-state index contributed by atoms with van der Waals surface area (Å²) in [7, 11) is 0. The Bertz CT molecular complexity index is 331. The van der Waals surface area contributed by atoms with Crippen LogP contribution in [-0.2, 0) is 4.79 Å². The molecule has 0 spiro atoms. The van der Waals surface area contributed by atoms with Crippen LogP contribution in [0.5, 0.6) is 0 Å². The number of rotatable bonds is 3. The topological polar surface area (TPSA) is 41.1 Å². The number of alkyl halides is 3. The minimum absolute atomic E-state index is 0.167. The van der Waals surface area contributed by atoms with Crippen molar-refractivity contribution < 1.29 is 18.0 Å². The van der Waals surface area contributed by atoms with Gasteiger partial charge in [0.25, 0.3) is 0 Å². The van der Waals surface area contributed by atoms with Gasteiger partial charge >= 0.3 is 6.18 Å². The van der Waals surface area contributed by atoms with Crippen LogP contribution in [0.2, 0.25) is 0 Å². The van der Waals surface area contributed by atoms with Crippen LogP contribution in [-0.4, -0.2) is 31.2 Å². The van der Waals surface area contributed by atoms with Crippen molar-refractivity contribution in [3.8, 4) is 0 Å². The predicted molar refractivity (Wildman–Crippen MR) is 65.5 cm³/mol. The molecule has 19 heavy (non-hydrogen) atoms. The van der Waals surface area contributed by atoms with Crippen molar-refractivity contribution in [2.45, 2.75) is 51.2 Å². The molecule has 1 amide bonds. The molecule has 0 radical (unpaired) electrons. The van der Waals surface area contributed by atoms with Gasteiger partial charge in [-0.25, -0.2) is 0 Å². The summed E-state index contributed by atoms with van der Waals surface area (Å²) in [5, 5.41) is 5.27. The molecule has 1 heterocycles. The van der Waals surface area contributed by atoms with Crippen molar-refractivity contribution in [3.63, 3.8) is 0 Å². The zero-order valence-electron chi connectivity index (χ0n) is 11.1. The molecule has 1 unspecified atom stereocenters. The van der Waals surface area contributed by atoms with Gasteiger partial charge in [-0.2, -0.15) is 13.2 Å². The molecule has 0 aromatic carbocycles. The molecule has 0 aromatic heterocycles. The average molecular weight is 278 g/mol. The summed E-state index contributed by atoms with van der Waals surface area (Å²) in [4.78, 5) is 12.1. The molecule has 3 nitrogen and oxygen atoms in total. The van der Waals surface area contributed by atoms with Gasteiger partial charge < -0.3 is 10.6 Å². The average Bonchev–Trinajstić information content (AvgIpc) is 3.00. The minimum Gasteiger partial charge on any atom is -0.353 e. The molecule has 1 aliphatic heterocycles. The Hall–Kier alpha value is -0.780. The summed E-state index contributed by atoms with van der Waals surface area (Å²) in [6, 6.07) is -0.171. The van der Waals surface area contributed by atoms with Gasteiger partial charge in [0.05, 0.1) is 0 Å². The maximum atomic E-state index is 13.2. The van der Waals surface area contributed by atoms with Crippen LogP contribution in [0.1, 0.15) is 39.0 Å². The summed E-state index contributed by atoms with van der Waals surface area (Å²) >= 11 is 0. The largest absolute Gasteiger partial charge is 0.404 e. The zero-order valence-corrected chi connectivity index (χ0v) is 11.1. The third kappa shape index (κ3) is 2.73. The van der Waals surface area contributed by atoms with Crippen molar-refractivity contribution >= 4 is 5.91 Å². The molecule has 2 atom stereocenters. The Balaban J connectivity index is 2.04. The van der Waals surface area contributed by atoms with Crippen LogP contribution in [0.15, 0.2) is 0 Å². The number of carbonyl (C=O) groups is 1. The monoisotopic (exact) mass is 278 g/mol. The summed E-state index contributed by atoms with van der Waals surface area (Å²) in [6.45, 7) is 1.75. The lowest BCUT2D eigenvalue weighted by molar-refractivity contribution is -0.216.